The Hall–Kier alpha value is -3.09. The molecule has 0 fully saturated rings. The summed E-state index contributed by atoms with van der Waals surface area (Å²) in [6.45, 7) is 0. The molecule has 0 aliphatic rings. The molecule has 0 aromatic rings. The number of carboxylic acids is 8. The Morgan fingerprint density at radius 2 is 0.269 bits per heavy atom. The van der Waals surface area contributed by atoms with E-state index in [1.165, 1.54) is 0 Å². The van der Waals surface area contributed by atoms with Gasteiger partial charge < -0.3 is 180 Å². The molecule has 36 heteroatoms. The van der Waals surface area contributed by atoms with Crippen LogP contribution in [0.1, 0.15) is 0 Å². The van der Waals surface area contributed by atoms with Crippen molar-refractivity contribution in [2.24, 2.45) is 0 Å². The van der Waals surface area contributed by atoms with Crippen molar-refractivity contribution in [2.75, 3.05) is 0 Å². The number of aliphatic carboxylic acids is 8. The normalized spacial score (nSPS) is 6.77. The molecule has 8 N–H and O–H groups in total. The summed E-state index contributed by atoms with van der Waals surface area (Å²) in [6, 6.07) is 0. The van der Waals surface area contributed by atoms with Crippen LogP contribution in [-0.2, 0) is 245 Å². The van der Waals surface area contributed by atoms with Gasteiger partial charge in [0.2, 0.25) is 0 Å². The average Bonchev–Trinajstić information content (AvgIpc) is 2.90. The molecule has 0 bridgehead atoms. The molecule has 0 aliphatic carbocycles. The van der Waals surface area contributed by atoms with Crippen LogP contribution in [0.2, 0.25) is 0 Å². The Kier molecular flexibility index (Phi) is 82.8. The summed E-state index contributed by atoms with van der Waals surface area (Å²) in [5, 5.41) is 51.3. The van der Waals surface area contributed by atoms with Crippen LogP contribution in [0.15, 0.2) is 0 Å². The molecule has 311 valence electrons. The predicted octanol–water partition coefficient (Wildman–Crippen LogP) is -6.85. The van der Waals surface area contributed by atoms with E-state index < -0.39 is 88.7 Å². The maximum absolute atomic E-state index is 9.50. The summed E-state index contributed by atoms with van der Waals surface area (Å²) < 4.78 is 0. The van der Waals surface area contributed by atoms with E-state index in [4.69, 9.17) is 79.2 Å². The van der Waals surface area contributed by atoms with Crippen molar-refractivity contribution in [3.05, 3.63) is 0 Å². The van der Waals surface area contributed by atoms with Crippen molar-refractivity contribution in [2.45, 2.75) is 0 Å². The molecule has 0 rings (SSSR count). The van der Waals surface area contributed by atoms with Gasteiger partial charge in [0.15, 0.2) is 0 Å². The maximum atomic E-state index is 9.50. The van der Waals surface area contributed by atoms with E-state index in [2.05, 4.69) is 101 Å². The van der Waals surface area contributed by atoms with Crippen LogP contribution in [0.3, 0.4) is 0 Å². The number of carbonyl (C=O) groups excluding carboxylic acids is 8. The minimum absolute atomic E-state index is 0. The second-order valence-corrected chi connectivity index (χ2v) is 7.71. The summed E-state index contributed by atoms with van der Waals surface area (Å²) in [5.41, 5.74) is 0. The fourth-order valence-electron chi connectivity index (χ4n) is 0. The van der Waals surface area contributed by atoms with Gasteiger partial charge in [-0.2, -0.15) is 0 Å². The van der Waals surface area contributed by atoms with E-state index in [1.54, 1.807) is 0 Å². The molecule has 0 amide bonds. The van der Waals surface area contributed by atoms with Gasteiger partial charge >= 0.3 is 47.8 Å². The third-order valence-electron chi connectivity index (χ3n) is 1.40. The molecule has 24 nitrogen and oxygen atoms in total. The first-order chi connectivity index (χ1) is 21.1. The van der Waals surface area contributed by atoms with Gasteiger partial charge in [-0.05, 0) is 0 Å². The van der Waals surface area contributed by atoms with Crippen molar-refractivity contribution < 1.29 is 185 Å². The number of carboxylic acid groups (broad SMARTS) is 8. The van der Waals surface area contributed by atoms with Crippen LogP contribution >= 0.6 is 0 Å². The molecule has 0 saturated carbocycles. The minimum atomic E-state index is -1.82. The van der Waals surface area contributed by atoms with Crippen molar-refractivity contribution in [3.63, 3.8) is 0 Å². The minimum Gasteiger partial charge on any atom is -0.736 e. The zero-order chi connectivity index (χ0) is 41.2. The zero-order valence-corrected chi connectivity index (χ0v) is 33.2. The Bertz CT molecular complexity index is 913. The average molecular weight is 1080 g/mol. The van der Waals surface area contributed by atoms with E-state index in [1.807, 2.05) is 0 Å². The van der Waals surface area contributed by atoms with Crippen LogP contribution < -0.4 is 0 Å². The second-order valence-electron chi connectivity index (χ2n) is 4.74. The standard InChI is InChI=1S/4C2H2O4.4C2H2O2S2.Cu.Fe.2Ni/c4*3-1(4)2(5)6;4*3-1(5)2(4)6;;;;/h4*(H,3,4)(H,5,6);4*(H,3,5)(H,4,6);;;;/p-8. The van der Waals surface area contributed by atoms with Gasteiger partial charge in [0, 0.05) is 67.1 Å². The molecule has 52 heavy (non-hydrogen) atoms. The van der Waals surface area contributed by atoms with Crippen molar-refractivity contribution in [1.29, 1.82) is 0 Å². The molecule has 1 radical (unpaired) electrons. The third-order valence-corrected chi connectivity index (χ3v) is 3.40. The molecular weight excluding hydrogens is 1070 g/mol. The SMILES string of the molecule is O=C(O)C(=O)O.O=C(O)C(=O)O.O=C(O)C(=O)O.O=C(O)C(=O)O.O=C([S-])C(=O)[S-].O=C([S-])C(=O)[S-].O=C([S-])C(=O)[S-].O=C([S-])C(=O)[S-].[Cu].[Fe].[Ni].[Ni]. The van der Waals surface area contributed by atoms with E-state index in [0.717, 1.165) is 0 Å². The summed E-state index contributed by atoms with van der Waals surface area (Å²) in [5.74, 6) is -14.6. The van der Waals surface area contributed by atoms with Crippen LogP contribution in [-0.4, -0.2) is 130 Å². The quantitative estimate of drug-likeness (QED) is 0.0737. The smallest absolute Gasteiger partial charge is 0.414 e. The topological polar surface area (TPSA) is 435 Å². The van der Waals surface area contributed by atoms with Gasteiger partial charge in [0.25, 0.3) is 0 Å². The maximum Gasteiger partial charge on any atom is 0.414 e. The summed E-state index contributed by atoms with van der Waals surface area (Å²) in [4.78, 5) is 149. The van der Waals surface area contributed by atoms with Gasteiger partial charge in [0.1, 0.15) is 0 Å². The van der Waals surface area contributed by atoms with E-state index >= 15 is 0 Å². The summed E-state index contributed by atoms with van der Waals surface area (Å²) in [7, 11) is 0. The molecule has 0 unspecified atom stereocenters. The number of rotatable bonds is 4. The second kappa shape index (κ2) is 52.3. The molecule has 0 saturated heterocycles. The Morgan fingerprint density at radius 1 is 0.231 bits per heavy atom. The molecule has 0 heterocycles. The van der Waals surface area contributed by atoms with Gasteiger partial charge in [-0.3, -0.25) is 0 Å². The zero-order valence-electron chi connectivity index (χ0n) is 22.7. The van der Waals surface area contributed by atoms with Gasteiger partial charge in [-0.1, -0.05) is 0 Å². The molecule has 0 aromatic carbocycles. The van der Waals surface area contributed by atoms with Gasteiger partial charge in [-0.25, -0.2) is 38.4 Å². The van der Waals surface area contributed by atoms with Crippen molar-refractivity contribution in [1.82, 2.24) is 0 Å². The molecular formula is C16H8CuFeNi2O24S8-8. The molecule has 0 atom stereocenters. The Labute approximate surface area is 371 Å². The van der Waals surface area contributed by atoms with Crippen LogP contribution in [0.5, 0.6) is 0 Å². The van der Waals surface area contributed by atoms with Crippen molar-refractivity contribution in [3.8, 4) is 0 Å². The summed E-state index contributed by atoms with van der Waals surface area (Å²) >= 11 is 30.5. The van der Waals surface area contributed by atoms with E-state index in [9.17, 15) is 38.4 Å². The first-order valence-electron chi connectivity index (χ1n) is 8.69. The molecule has 0 aromatic heterocycles. The number of hydrogen-bond acceptors (Lipinski definition) is 24. The van der Waals surface area contributed by atoms with E-state index in [0.29, 0.717) is 0 Å². The Balaban J connectivity index is -0.0000000348. The Morgan fingerprint density at radius 3 is 0.269 bits per heavy atom. The first kappa shape index (κ1) is 82.4. The fraction of sp³-hybridized carbons (Fsp3) is 0. The molecule has 0 aliphatic heterocycles. The number of hydrogen-bond donors (Lipinski definition) is 8. The first-order valence-corrected chi connectivity index (χ1v) is 12.0. The van der Waals surface area contributed by atoms with Crippen molar-refractivity contribution >= 4 is 190 Å². The summed E-state index contributed by atoms with van der Waals surface area (Å²) in [6.07, 6.45) is 0. The fourth-order valence-corrected chi connectivity index (χ4v) is 0. The number of carbonyl (C=O) groups is 16. The van der Waals surface area contributed by atoms with E-state index in [-0.39, 0.29) is 67.1 Å². The van der Waals surface area contributed by atoms with Crippen LogP contribution in [0.4, 0.5) is 0 Å². The molecule has 0 spiro atoms. The monoisotopic (exact) mass is 1070 g/mol. The van der Waals surface area contributed by atoms with Crippen LogP contribution in [0.25, 0.3) is 0 Å². The largest absolute Gasteiger partial charge is 0.736 e. The third kappa shape index (κ3) is 118. The van der Waals surface area contributed by atoms with Gasteiger partial charge in [-0.15, -0.1) is 0 Å². The predicted molar refractivity (Wildman–Crippen MR) is 160 cm³/mol. The van der Waals surface area contributed by atoms with Crippen LogP contribution in [0, 0.1) is 0 Å². The van der Waals surface area contributed by atoms with Gasteiger partial charge in [0.05, 0.1) is 40.9 Å².